The van der Waals surface area contributed by atoms with Crippen molar-refractivity contribution in [3.63, 3.8) is 0 Å². The van der Waals surface area contributed by atoms with Gasteiger partial charge in [-0.1, -0.05) is 31.2 Å². The maximum atomic E-state index is 12.2. The molecule has 2 aromatic rings. The summed E-state index contributed by atoms with van der Waals surface area (Å²) < 4.78 is 7.35. The predicted octanol–water partition coefficient (Wildman–Crippen LogP) is 3.32. The van der Waals surface area contributed by atoms with Crippen molar-refractivity contribution in [3.8, 4) is 0 Å². The van der Waals surface area contributed by atoms with Crippen LogP contribution in [0.2, 0.25) is 0 Å². The van der Waals surface area contributed by atoms with E-state index in [9.17, 15) is 4.79 Å². The van der Waals surface area contributed by atoms with Crippen LogP contribution in [0.1, 0.15) is 47.4 Å². The first-order valence-electron chi connectivity index (χ1n) is 7.39. The number of hydrogen-bond acceptors (Lipinski definition) is 3. The van der Waals surface area contributed by atoms with Gasteiger partial charge in [-0.05, 0) is 36.5 Å². The molecule has 0 spiro atoms. The van der Waals surface area contributed by atoms with Crippen LogP contribution in [0.3, 0.4) is 0 Å². The van der Waals surface area contributed by atoms with Crippen LogP contribution in [0.25, 0.3) is 0 Å². The van der Waals surface area contributed by atoms with Crippen molar-refractivity contribution in [2.75, 3.05) is 5.73 Å². The van der Waals surface area contributed by atoms with Crippen molar-refractivity contribution in [1.29, 1.82) is 0 Å². The Morgan fingerprint density at radius 2 is 1.95 bits per heavy atom. The summed E-state index contributed by atoms with van der Waals surface area (Å²) in [6.07, 6.45) is 5.04. The fraction of sp³-hybridized carbons (Fsp3) is 0.353. The van der Waals surface area contributed by atoms with E-state index in [1.54, 1.807) is 6.07 Å². The Morgan fingerprint density at radius 1 is 1.29 bits per heavy atom. The third kappa shape index (κ3) is 3.10. The second kappa shape index (κ2) is 5.64. The molecular weight excluding hydrogens is 264 g/mol. The Kier molecular flexibility index (Phi) is 3.69. The number of carbonyl (C=O) groups is 1. The Morgan fingerprint density at radius 3 is 2.57 bits per heavy atom. The van der Waals surface area contributed by atoms with E-state index in [1.165, 1.54) is 5.56 Å². The molecule has 3 rings (SSSR count). The molecule has 0 radical (unpaired) electrons. The molecule has 1 fully saturated rings. The highest BCUT2D eigenvalue weighted by Crippen LogP contribution is 2.37. The molecule has 2 N–H and O–H groups in total. The van der Waals surface area contributed by atoms with Crippen LogP contribution < -0.4 is 5.73 Å². The fourth-order valence-electron chi connectivity index (χ4n) is 2.41. The van der Waals surface area contributed by atoms with Gasteiger partial charge in [-0.2, -0.15) is 0 Å². The minimum atomic E-state index is -0.307. The molecule has 4 heteroatoms. The van der Waals surface area contributed by atoms with E-state index in [4.69, 9.17) is 10.5 Å². The summed E-state index contributed by atoms with van der Waals surface area (Å²) in [5.74, 6) is -0.307. The normalized spacial score (nSPS) is 14.1. The van der Waals surface area contributed by atoms with Gasteiger partial charge in [0.25, 0.3) is 0 Å². The van der Waals surface area contributed by atoms with Gasteiger partial charge in [0.2, 0.25) is 0 Å². The predicted molar refractivity (Wildman–Crippen MR) is 82.1 cm³/mol. The molecule has 0 amide bonds. The highest BCUT2D eigenvalue weighted by Gasteiger charge is 2.28. The number of hydrogen-bond donors (Lipinski definition) is 1. The average Bonchev–Trinajstić information content (AvgIpc) is 3.27. The summed E-state index contributed by atoms with van der Waals surface area (Å²) in [6.45, 7) is 2.41. The molecule has 0 atom stereocenters. The van der Waals surface area contributed by atoms with E-state index in [-0.39, 0.29) is 5.97 Å². The van der Waals surface area contributed by atoms with Gasteiger partial charge in [-0.15, -0.1) is 0 Å². The number of anilines is 1. The van der Waals surface area contributed by atoms with E-state index >= 15 is 0 Å². The van der Waals surface area contributed by atoms with Gasteiger partial charge in [0, 0.05) is 12.2 Å². The Labute approximate surface area is 124 Å². The lowest BCUT2D eigenvalue weighted by Crippen LogP contribution is -2.11. The zero-order chi connectivity index (χ0) is 14.8. The Hall–Kier alpha value is -2.23. The molecule has 0 unspecified atom stereocenters. The highest BCUT2D eigenvalue weighted by atomic mass is 16.5. The molecule has 0 saturated heterocycles. The SMILES string of the molecule is CCc1ccc(COC(=O)c2cc(N)cn2C2CC2)cc1. The molecule has 110 valence electrons. The van der Waals surface area contributed by atoms with Crippen molar-refractivity contribution in [2.24, 2.45) is 0 Å². The molecule has 4 nitrogen and oxygen atoms in total. The lowest BCUT2D eigenvalue weighted by molar-refractivity contribution is 0.0460. The van der Waals surface area contributed by atoms with Crippen molar-refractivity contribution in [2.45, 2.75) is 38.8 Å². The molecule has 1 aromatic heterocycles. The number of nitrogens with two attached hydrogens (primary N) is 1. The van der Waals surface area contributed by atoms with Gasteiger partial charge < -0.3 is 15.0 Å². The molecule has 21 heavy (non-hydrogen) atoms. The number of aromatic nitrogens is 1. The average molecular weight is 284 g/mol. The Bertz CT molecular complexity index is 639. The van der Waals surface area contributed by atoms with E-state index in [0.717, 1.165) is 24.8 Å². The number of aryl methyl sites for hydroxylation is 1. The fourth-order valence-corrected chi connectivity index (χ4v) is 2.41. The first kappa shape index (κ1) is 13.7. The van der Waals surface area contributed by atoms with Crippen molar-refractivity contribution >= 4 is 11.7 Å². The van der Waals surface area contributed by atoms with Crippen LogP contribution in [0.5, 0.6) is 0 Å². The van der Waals surface area contributed by atoms with E-state index < -0.39 is 0 Å². The summed E-state index contributed by atoms with van der Waals surface area (Å²) in [5, 5.41) is 0. The highest BCUT2D eigenvalue weighted by molar-refractivity contribution is 5.89. The topological polar surface area (TPSA) is 57.2 Å². The number of benzene rings is 1. The first-order chi connectivity index (χ1) is 10.2. The molecule has 1 aliphatic carbocycles. The van der Waals surface area contributed by atoms with Crippen LogP contribution in [0, 0.1) is 0 Å². The zero-order valence-corrected chi connectivity index (χ0v) is 12.2. The standard InChI is InChI=1S/C17H20N2O2/c1-2-12-3-5-13(6-4-12)11-21-17(20)16-9-14(18)10-19(16)15-7-8-15/h3-6,9-10,15H,2,7-8,11,18H2,1H3. The minimum Gasteiger partial charge on any atom is -0.456 e. The minimum absolute atomic E-state index is 0.290. The lowest BCUT2D eigenvalue weighted by Gasteiger charge is -2.08. The molecule has 0 bridgehead atoms. The molecule has 1 aromatic carbocycles. The summed E-state index contributed by atoms with van der Waals surface area (Å²) in [5.41, 5.74) is 9.24. The lowest BCUT2D eigenvalue weighted by atomic mass is 10.1. The second-order valence-corrected chi connectivity index (χ2v) is 5.54. The summed E-state index contributed by atoms with van der Waals surface area (Å²) in [6, 6.07) is 10.2. The number of rotatable bonds is 5. The number of nitrogens with zero attached hydrogens (tertiary/aromatic N) is 1. The molecule has 1 saturated carbocycles. The van der Waals surface area contributed by atoms with Gasteiger partial charge in [0.1, 0.15) is 12.3 Å². The van der Waals surface area contributed by atoms with E-state index in [1.807, 2.05) is 22.9 Å². The second-order valence-electron chi connectivity index (χ2n) is 5.54. The quantitative estimate of drug-likeness (QED) is 0.857. The third-order valence-corrected chi connectivity index (χ3v) is 3.82. The van der Waals surface area contributed by atoms with Gasteiger partial charge in [0.05, 0.1) is 5.69 Å². The molecule has 0 aliphatic heterocycles. The van der Waals surface area contributed by atoms with Gasteiger partial charge in [-0.3, -0.25) is 0 Å². The maximum absolute atomic E-state index is 12.2. The van der Waals surface area contributed by atoms with Crippen LogP contribution >= 0.6 is 0 Å². The van der Waals surface area contributed by atoms with Crippen LogP contribution in [0.15, 0.2) is 36.5 Å². The third-order valence-electron chi connectivity index (χ3n) is 3.82. The monoisotopic (exact) mass is 284 g/mol. The number of carbonyl (C=O) groups excluding carboxylic acids is 1. The van der Waals surface area contributed by atoms with Crippen molar-refractivity contribution in [3.05, 3.63) is 53.3 Å². The van der Waals surface area contributed by atoms with Crippen molar-refractivity contribution in [1.82, 2.24) is 4.57 Å². The Balaban J connectivity index is 1.65. The van der Waals surface area contributed by atoms with Gasteiger partial charge >= 0.3 is 5.97 Å². The smallest absolute Gasteiger partial charge is 0.355 e. The number of ether oxygens (including phenoxy) is 1. The largest absolute Gasteiger partial charge is 0.456 e. The van der Waals surface area contributed by atoms with Gasteiger partial charge in [0.15, 0.2) is 0 Å². The number of esters is 1. The molecule has 1 aliphatic rings. The van der Waals surface area contributed by atoms with Gasteiger partial charge in [-0.25, -0.2) is 4.79 Å². The summed E-state index contributed by atoms with van der Waals surface area (Å²) in [7, 11) is 0. The van der Waals surface area contributed by atoms with Crippen LogP contribution in [-0.2, 0) is 17.8 Å². The summed E-state index contributed by atoms with van der Waals surface area (Å²) >= 11 is 0. The first-order valence-corrected chi connectivity index (χ1v) is 7.39. The zero-order valence-electron chi connectivity index (χ0n) is 12.2. The van der Waals surface area contributed by atoms with E-state index in [2.05, 4.69) is 19.1 Å². The van der Waals surface area contributed by atoms with Crippen LogP contribution in [0.4, 0.5) is 5.69 Å². The maximum Gasteiger partial charge on any atom is 0.355 e. The van der Waals surface area contributed by atoms with Crippen molar-refractivity contribution < 1.29 is 9.53 Å². The summed E-state index contributed by atoms with van der Waals surface area (Å²) in [4.78, 5) is 12.2. The molecular formula is C17H20N2O2. The molecule has 1 heterocycles. The van der Waals surface area contributed by atoms with Crippen LogP contribution in [-0.4, -0.2) is 10.5 Å². The number of nitrogen functional groups attached to an aromatic ring is 1. The van der Waals surface area contributed by atoms with E-state index in [0.29, 0.717) is 24.0 Å².